The van der Waals surface area contributed by atoms with Gasteiger partial charge in [-0.1, -0.05) is 17.3 Å². The van der Waals surface area contributed by atoms with Gasteiger partial charge >= 0.3 is 0 Å². The van der Waals surface area contributed by atoms with E-state index in [1.54, 1.807) is 7.11 Å². The van der Waals surface area contributed by atoms with Gasteiger partial charge < -0.3 is 23.8 Å². The van der Waals surface area contributed by atoms with Crippen LogP contribution < -0.4 is 4.74 Å². The maximum Gasteiger partial charge on any atom is 0.168 e. The smallest absolute Gasteiger partial charge is 0.168 e. The molecule has 0 unspecified atom stereocenters. The van der Waals surface area contributed by atoms with Crippen molar-refractivity contribution in [3.8, 4) is 5.75 Å². The Morgan fingerprint density at radius 3 is 2.88 bits per heavy atom. The summed E-state index contributed by atoms with van der Waals surface area (Å²) in [6.07, 6.45) is 2.03. The van der Waals surface area contributed by atoms with Crippen molar-refractivity contribution in [2.75, 3.05) is 20.5 Å². The van der Waals surface area contributed by atoms with Crippen LogP contribution in [0.4, 0.5) is 0 Å². The van der Waals surface area contributed by atoms with Crippen molar-refractivity contribution >= 4 is 5.71 Å². The molecule has 3 aliphatic rings. The predicted molar refractivity (Wildman–Crippen MR) is 86.9 cm³/mol. The third-order valence-electron chi connectivity index (χ3n) is 5.13. The van der Waals surface area contributed by atoms with Gasteiger partial charge in [0.15, 0.2) is 5.60 Å². The minimum Gasteiger partial charge on any atom is -0.497 e. The third-order valence-corrected chi connectivity index (χ3v) is 5.13. The molecular formula is C18H23NO5. The fraction of sp³-hybridized carbons (Fsp3) is 0.611. The number of hydrogen-bond donors (Lipinski definition) is 0. The van der Waals surface area contributed by atoms with Crippen molar-refractivity contribution in [1.82, 2.24) is 0 Å². The Morgan fingerprint density at radius 2 is 2.08 bits per heavy atom. The first kappa shape index (κ1) is 15.9. The molecule has 130 valence electrons. The molecule has 0 amide bonds. The van der Waals surface area contributed by atoms with E-state index in [0.717, 1.165) is 29.9 Å². The van der Waals surface area contributed by atoms with Gasteiger partial charge in [-0.3, -0.25) is 0 Å². The second kappa shape index (κ2) is 6.35. The Kier molecular flexibility index (Phi) is 4.20. The summed E-state index contributed by atoms with van der Waals surface area (Å²) in [6, 6.07) is 7.87. The number of fused-ring (bicyclic) bond motifs is 3. The molecule has 1 saturated heterocycles. The highest BCUT2D eigenvalue weighted by molar-refractivity contribution is 5.90. The Morgan fingerprint density at radius 1 is 1.25 bits per heavy atom. The average molecular weight is 333 g/mol. The van der Waals surface area contributed by atoms with Gasteiger partial charge in [-0.15, -0.1) is 0 Å². The molecule has 0 radical (unpaired) electrons. The summed E-state index contributed by atoms with van der Waals surface area (Å²) in [7, 11) is 1.66. The fourth-order valence-corrected chi connectivity index (χ4v) is 3.83. The van der Waals surface area contributed by atoms with Crippen LogP contribution in [0.15, 0.2) is 29.4 Å². The second-order valence-electron chi connectivity index (χ2n) is 6.80. The van der Waals surface area contributed by atoms with E-state index < -0.39 is 5.60 Å². The lowest BCUT2D eigenvalue weighted by Crippen LogP contribution is -2.52. The van der Waals surface area contributed by atoms with Crippen LogP contribution in [-0.2, 0) is 25.7 Å². The molecule has 0 bridgehead atoms. The molecule has 24 heavy (non-hydrogen) atoms. The average Bonchev–Trinajstić information content (AvgIpc) is 3.20. The lowest BCUT2D eigenvalue weighted by atomic mass is 9.74. The lowest BCUT2D eigenvalue weighted by molar-refractivity contribution is -0.115. The Hall–Kier alpha value is -1.63. The molecule has 4 atom stereocenters. The van der Waals surface area contributed by atoms with Gasteiger partial charge in [0.2, 0.25) is 0 Å². The van der Waals surface area contributed by atoms with Crippen LogP contribution >= 0.6 is 0 Å². The molecule has 6 heteroatoms. The van der Waals surface area contributed by atoms with E-state index in [9.17, 15) is 0 Å². The lowest BCUT2D eigenvalue weighted by Gasteiger charge is -2.36. The van der Waals surface area contributed by atoms with E-state index in [2.05, 4.69) is 5.16 Å². The molecule has 4 rings (SSSR count). The Labute approximate surface area is 141 Å². The van der Waals surface area contributed by atoms with Gasteiger partial charge in [0.05, 0.1) is 44.2 Å². The summed E-state index contributed by atoms with van der Waals surface area (Å²) in [4.78, 5) is 5.78. The number of ether oxygens (including phenoxy) is 4. The zero-order chi connectivity index (χ0) is 16.6. The Balaban J connectivity index is 1.38. The van der Waals surface area contributed by atoms with Crippen molar-refractivity contribution in [2.45, 2.75) is 44.2 Å². The summed E-state index contributed by atoms with van der Waals surface area (Å²) in [6.45, 7) is 3.40. The normalized spacial score (nSPS) is 34.2. The van der Waals surface area contributed by atoms with Crippen molar-refractivity contribution in [3.05, 3.63) is 29.8 Å². The Bertz CT molecular complexity index is 616. The number of rotatable bonds is 5. The number of benzene rings is 1. The highest BCUT2D eigenvalue weighted by Gasteiger charge is 2.56. The van der Waals surface area contributed by atoms with Gasteiger partial charge in [0.1, 0.15) is 12.5 Å². The zero-order valence-corrected chi connectivity index (χ0v) is 14.1. The van der Waals surface area contributed by atoms with Crippen LogP contribution in [0.3, 0.4) is 0 Å². The SMILES string of the molecule is COc1ccc(COC[C@@]2(C)ON=C3CC[C@H]4OCO[C@H]4[C@@H]32)cc1. The van der Waals surface area contributed by atoms with Crippen molar-refractivity contribution < 1.29 is 23.8 Å². The van der Waals surface area contributed by atoms with Crippen LogP contribution in [0.1, 0.15) is 25.3 Å². The second-order valence-corrected chi connectivity index (χ2v) is 6.80. The van der Waals surface area contributed by atoms with Gasteiger partial charge in [-0.05, 0) is 37.5 Å². The molecule has 0 aromatic heterocycles. The van der Waals surface area contributed by atoms with E-state index in [4.69, 9.17) is 23.8 Å². The van der Waals surface area contributed by atoms with E-state index >= 15 is 0 Å². The molecule has 1 aromatic carbocycles. The summed E-state index contributed by atoms with van der Waals surface area (Å²) in [5.41, 5.74) is 1.68. The highest BCUT2D eigenvalue weighted by atomic mass is 16.7. The number of hydrogen-bond acceptors (Lipinski definition) is 6. The molecule has 0 spiro atoms. The van der Waals surface area contributed by atoms with E-state index in [-0.39, 0.29) is 18.1 Å². The highest BCUT2D eigenvalue weighted by Crippen LogP contribution is 2.43. The first-order valence-corrected chi connectivity index (χ1v) is 8.38. The first-order chi connectivity index (χ1) is 11.7. The zero-order valence-electron chi connectivity index (χ0n) is 14.1. The monoisotopic (exact) mass is 333 g/mol. The van der Waals surface area contributed by atoms with Crippen molar-refractivity contribution in [2.24, 2.45) is 11.1 Å². The third kappa shape index (κ3) is 2.79. The first-order valence-electron chi connectivity index (χ1n) is 8.38. The number of nitrogens with zero attached hydrogens (tertiary/aromatic N) is 1. The molecule has 1 saturated carbocycles. The summed E-state index contributed by atoms with van der Waals surface area (Å²) in [5.74, 6) is 0.948. The molecule has 6 nitrogen and oxygen atoms in total. The van der Waals surface area contributed by atoms with Crippen LogP contribution in [0.5, 0.6) is 5.75 Å². The van der Waals surface area contributed by atoms with Crippen LogP contribution in [0, 0.1) is 5.92 Å². The van der Waals surface area contributed by atoms with E-state index in [1.807, 2.05) is 31.2 Å². The summed E-state index contributed by atoms with van der Waals surface area (Å²) >= 11 is 0. The van der Waals surface area contributed by atoms with Gasteiger partial charge in [-0.2, -0.15) is 0 Å². The van der Waals surface area contributed by atoms with Gasteiger partial charge in [0.25, 0.3) is 0 Å². The quantitative estimate of drug-likeness (QED) is 0.829. The predicted octanol–water partition coefficient (Wildman–Crippen LogP) is 2.51. The molecule has 2 fully saturated rings. The largest absolute Gasteiger partial charge is 0.497 e. The van der Waals surface area contributed by atoms with Crippen molar-refractivity contribution in [3.63, 3.8) is 0 Å². The summed E-state index contributed by atoms with van der Waals surface area (Å²) < 4.78 is 22.6. The minimum absolute atomic E-state index is 0.0228. The van der Waals surface area contributed by atoms with E-state index in [1.165, 1.54) is 0 Å². The van der Waals surface area contributed by atoms with Crippen LogP contribution in [-0.4, -0.2) is 44.0 Å². The molecular weight excluding hydrogens is 310 g/mol. The van der Waals surface area contributed by atoms with E-state index in [0.29, 0.717) is 20.0 Å². The standard InChI is InChI=1S/C18H23NO5/c1-18(10-21-9-12-3-5-13(20-2)6-4-12)16-14(19-24-18)7-8-15-17(16)23-11-22-15/h3-6,15-17H,7-11H2,1-2H3/t15-,16-,17-,18-/m1/s1. The molecule has 1 aromatic rings. The van der Waals surface area contributed by atoms with Gasteiger partial charge in [-0.25, -0.2) is 0 Å². The maximum atomic E-state index is 5.94. The number of oxime groups is 1. The van der Waals surface area contributed by atoms with Crippen molar-refractivity contribution in [1.29, 1.82) is 0 Å². The molecule has 2 heterocycles. The fourth-order valence-electron chi connectivity index (χ4n) is 3.83. The molecule has 2 aliphatic heterocycles. The van der Waals surface area contributed by atoms with Crippen LogP contribution in [0.25, 0.3) is 0 Å². The minimum atomic E-state index is -0.501. The maximum absolute atomic E-state index is 5.94. The van der Waals surface area contributed by atoms with Crippen LogP contribution in [0.2, 0.25) is 0 Å². The molecule has 0 N–H and O–H groups in total. The van der Waals surface area contributed by atoms with Gasteiger partial charge in [0, 0.05) is 0 Å². The number of methoxy groups -OCH3 is 1. The topological polar surface area (TPSA) is 58.5 Å². The summed E-state index contributed by atoms with van der Waals surface area (Å²) in [5, 5.41) is 4.30. The molecule has 1 aliphatic carbocycles.